The monoisotopic (exact) mass is 306 g/mol. The van der Waals surface area contributed by atoms with Crippen molar-refractivity contribution in [3.63, 3.8) is 0 Å². The third-order valence-electron chi connectivity index (χ3n) is 3.97. The molecule has 1 aromatic rings. The summed E-state index contributed by atoms with van der Waals surface area (Å²) in [7, 11) is 0. The van der Waals surface area contributed by atoms with Gasteiger partial charge in [-0.05, 0) is 31.0 Å². The van der Waals surface area contributed by atoms with Crippen LogP contribution in [0.15, 0.2) is 24.3 Å². The lowest BCUT2D eigenvalue weighted by Crippen LogP contribution is -2.42. The topological polar surface area (TPSA) is 58.2 Å². The summed E-state index contributed by atoms with van der Waals surface area (Å²) in [5.41, 5.74) is 0.221. The Balaban J connectivity index is 1.75. The summed E-state index contributed by atoms with van der Waals surface area (Å²) in [4.78, 5) is 23.7. The van der Waals surface area contributed by atoms with Gasteiger partial charge in [-0.25, -0.2) is 4.39 Å². The van der Waals surface area contributed by atoms with Crippen molar-refractivity contribution in [3.8, 4) is 0 Å². The highest BCUT2D eigenvalue weighted by atomic mass is 19.1. The molecule has 0 saturated heterocycles. The van der Waals surface area contributed by atoms with E-state index in [2.05, 4.69) is 10.6 Å². The molecule has 0 spiro atoms. The van der Waals surface area contributed by atoms with Gasteiger partial charge in [0, 0.05) is 11.6 Å². The molecule has 0 bridgehead atoms. The second-order valence-electron chi connectivity index (χ2n) is 5.80. The SMILES string of the molecule is O=C(CNC(=O)c1cccc(F)c1)NC1CCCCCCC1. The van der Waals surface area contributed by atoms with E-state index in [-0.39, 0.29) is 24.1 Å². The number of carbonyl (C=O) groups excluding carboxylic acids is 2. The Morgan fingerprint density at radius 1 is 1.09 bits per heavy atom. The zero-order valence-electron chi connectivity index (χ0n) is 12.7. The summed E-state index contributed by atoms with van der Waals surface area (Å²) in [6.07, 6.45) is 8.02. The molecule has 1 fully saturated rings. The van der Waals surface area contributed by atoms with Gasteiger partial charge in [0.15, 0.2) is 0 Å². The number of amides is 2. The molecule has 1 aliphatic rings. The number of hydrogen-bond acceptors (Lipinski definition) is 2. The van der Waals surface area contributed by atoms with Crippen molar-refractivity contribution in [2.75, 3.05) is 6.54 Å². The predicted molar refractivity (Wildman–Crippen MR) is 83.0 cm³/mol. The summed E-state index contributed by atoms with van der Waals surface area (Å²) in [6.45, 7) is -0.0775. The number of halogens is 1. The van der Waals surface area contributed by atoms with Gasteiger partial charge in [0.1, 0.15) is 5.82 Å². The zero-order valence-corrected chi connectivity index (χ0v) is 12.7. The first-order valence-corrected chi connectivity index (χ1v) is 7.98. The van der Waals surface area contributed by atoms with Crippen LogP contribution in [0.2, 0.25) is 0 Å². The fourth-order valence-electron chi connectivity index (χ4n) is 2.77. The predicted octanol–water partition coefficient (Wildman–Crippen LogP) is 2.78. The van der Waals surface area contributed by atoms with Gasteiger partial charge >= 0.3 is 0 Å². The van der Waals surface area contributed by atoms with E-state index in [0.717, 1.165) is 31.7 Å². The Morgan fingerprint density at radius 3 is 2.45 bits per heavy atom. The van der Waals surface area contributed by atoms with Crippen LogP contribution in [-0.2, 0) is 4.79 Å². The van der Waals surface area contributed by atoms with Crippen LogP contribution in [0.25, 0.3) is 0 Å². The van der Waals surface area contributed by atoms with Crippen molar-refractivity contribution in [2.24, 2.45) is 0 Å². The van der Waals surface area contributed by atoms with Gasteiger partial charge in [-0.2, -0.15) is 0 Å². The van der Waals surface area contributed by atoms with Gasteiger partial charge in [-0.1, -0.05) is 38.2 Å². The second kappa shape index (κ2) is 8.51. The molecule has 0 heterocycles. The van der Waals surface area contributed by atoms with E-state index in [4.69, 9.17) is 0 Å². The van der Waals surface area contributed by atoms with Crippen molar-refractivity contribution in [1.29, 1.82) is 0 Å². The van der Waals surface area contributed by atoms with E-state index in [1.807, 2.05) is 0 Å². The first-order valence-electron chi connectivity index (χ1n) is 7.98. The highest BCUT2D eigenvalue weighted by Crippen LogP contribution is 2.16. The van der Waals surface area contributed by atoms with Gasteiger partial charge in [0.05, 0.1) is 6.54 Å². The number of benzene rings is 1. The molecule has 0 atom stereocenters. The maximum absolute atomic E-state index is 13.0. The summed E-state index contributed by atoms with van der Waals surface area (Å²) in [5.74, 6) is -1.09. The second-order valence-corrected chi connectivity index (χ2v) is 5.80. The fourth-order valence-corrected chi connectivity index (χ4v) is 2.77. The molecule has 2 amide bonds. The third-order valence-corrected chi connectivity index (χ3v) is 3.97. The lowest BCUT2D eigenvalue weighted by atomic mass is 9.97. The zero-order chi connectivity index (χ0) is 15.8. The molecule has 0 aromatic heterocycles. The third kappa shape index (κ3) is 5.47. The highest BCUT2D eigenvalue weighted by Gasteiger charge is 2.15. The van der Waals surface area contributed by atoms with Gasteiger partial charge in [-0.3, -0.25) is 9.59 Å². The molecule has 120 valence electrons. The molecule has 4 nitrogen and oxygen atoms in total. The van der Waals surface area contributed by atoms with Crippen LogP contribution in [0.1, 0.15) is 55.3 Å². The van der Waals surface area contributed by atoms with Crippen molar-refractivity contribution in [2.45, 2.75) is 51.0 Å². The molecule has 0 aliphatic heterocycles. The van der Waals surface area contributed by atoms with Gasteiger partial charge < -0.3 is 10.6 Å². The average Bonchev–Trinajstić information content (AvgIpc) is 2.47. The first-order chi connectivity index (χ1) is 10.6. The molecule has 1 aliphatic carbocycles. The average molecular weight is 306 g/mol. The smallest absolute Gasteiger partial charge is 0.251 e. The molecule has 1 saturated carbocycles. The minimum absolute atomic E-state index is 0.0775. The lowest BCUT2D eigenvalue weighted by Gasteiger charge is -2.21. The summed E-state index contributed by atoms with van der Waals surface area (Å²) in [6, 6.07) is 5.63. The van der Waals surface area contributed by atoms with Crippen molar-refractivity contribution in [1.82, 2.24) is 10.6 Å². The number of carbonyl (C=O) groups is 2. The Kier molecular flexibility index (Phi) is 6.37. The van der Waals surface area contributed by atoms with E-state index < -0.39 is 11.7 Å². The van der Waals surface area contributed by atoms with Crippen LogP contribution in [0.3, 0.4) is 0 Å². The van der Waals surface area contributed by atoms with Crippen LogP contribution in [0.4, 0.5) is 4.39 Å². The lowest BCUT2D eigenvalue weighted by molar-refractivity contribution is -0.120. The Bertz CT molecular complexity index is 511. The molecule has 5 heteroatoms. The molecule has 2 N–H and O–H groups in total. The van der Waals surface area contributed by atoms with Crippen LogP contribution < -0.4 is 10.6 Å². The number of rotatable bonds is 4. The highest BCUT2D eigenvalue weighted by molar-refractivity contribution is 5.96. The van der Waals surface area contributed by atoms with E-state index in [0.29, 0.717) is 0 Å². The molecule has 0 unspecified atom stereocenters. The minimum atomic E-state index is -0.466. The van der Waals surface area contributed by atoms with Gasteiger partial charge in [-0.15, -0.1) is 0 Å². The maximum atomic E-state index is 13.0. The first kappa shape index (κ1) is 16.5. The molecule has 2 rings (SSSR count). The van der Waals surface area contributed by atoms with Gasteiger partial charge in [0.2, 0.25) is 5.91 Å². The normalized spacial score (nSPS) is 16.4. The molecule has 0 radical (unpaired) electrons. The van der Waals surface area contributed by atoms with E-state index >= 15 is 0 Å². The van der Waals surface area contributed by atoms with E-state index in [1.54, 1.807) is 0 Å². The molecular formula is C17H23FN2O2. The standard InChI is InChI=1S/C17H23FN2O2/c18-14-8-6-7-13(11-14)17(22)19-12-16(21)20-15-9-4-2-1-3-5-10-15/h6-8,11,15H,1-5,9-10,12H2,(H,19,22)(H,20,21). The number of nitrogens with one attached hydrogen (secondary N) is 2. The largest absolute Gasteiger partial charge is 0.352 e. The van der Waals surface area contributed by atoms with E-state index in [1.165, 1.54) is 37.5 Å². The Morgan fingerprint density at radius 2 is 1.77 bits per heavy atom. The fraction of sp³-hybridized carbons (Fsp3) is 0.529. The number of hydrogen-bond donors (Lipinski definition) is 2. The van der Waals surface area contributed by atoms with Crippen molar-refractivity contribution >= 4 is 11.8 Å². The summed E-state index contributed by atoms with van der Waals surface area (Å²) >= 11 is 0. The van der Waals surface area contributed by atoms with E-state index in [9.17, 15) is 14.0 Å². The van der Waals surface area contributed by atoms with Crippen molar-refractivity contribution < 1.29 is 14.0 Å². The molecule has 1 aromatic carbocycles. The van der Waals surface area contributed by atoms with Crippen LogP contribution in [-0.4, -0.2) is 24.4 Å². The Hall–Kier alpha value is -1.91. The summed E-state index contributed by atoms with van der Waals surface area (Å²) < 4.78 is 13.0. The molecular weight excluding hydrogens is 283 g/mol. The maximum Gasteiger partial charge on any atom is 0.251 e. The quantitative estimate of drug-likeness (QED) is 0.898. The summed E-state index contributed by atoms with van der Waals surface area (Å²) in [5, 5.41) is 5.50. The van der Waals surface area contributed by atoms with Crippen LogP contribution in [0, 0.1) is 5.82 Å². The van der Waals surface area contributed by atoms with Gasteiger partial charge in [0.25, 0.3) is 5.91 Å². The molecule has 22 heavy (non-hydrogen) atoms. The van der Waals surface area contributed by atoms with Crippen molar-refractivity contribution in [3.05, 3.63) is 35.6 Å². The van der Waals surface area contributed by atoms with Crippen LogP contribution >= 0.6 is 0 Å². The Labute approximate surface area is 130 Å². The minimum Gasteiger partial charge on any atom is -0.352 e. The van der Waals surface area contributed by atoms with Crippen LogP contribution in [0.5, 0.6) is 0 Å².